The van der Waals surface area contributed by atoms with Crippen LogP contribution in [-0.2, 0) is 10.8 Å². The van der Waals surface area contributed by atoms with Crippen molar-refractivity contribution in [2.45, 2.75) is 45.4 Å². The normalized spacial score (nSPS) is 11.9. The van der Waals surface area contributed by atoms with Gasteiger partial charge in [-0.15, -0.1) is 10.2 Å². The monoisotopic (exact) mass is 768 g/mol. The second-order valence-corrected chi connectivity index (χ2v) is 16.8. The van der Waals surface area contributed by atoms with Gasteiger partial charge in [0.15, 0.2) is 0 Å². The molecule has 0 atom stereocenters. The number of aromatic nitrogens is 3. The van der Waals surface area contributed by atoms with Gasteiger partial charge in [0.2, 0.25) is 11.8 Å². The lowest BCUT2D eigenvalue weighted by Gasteiger charge is -2.23. The van der Waals surface area contributed by atoms with Gasteiger partial charge < -0.3 is 8.98 Å². The van der Waals surface area contributed by atoms with E-state index in [1.165, 1.54) is 16.3 Å². The molecule has 0 aliphatic carbocycles. The highest BCUT2D eigenvalue weighted by Gasteiger charge is 2.24. The van der Waals surface area contributed by atoms with Gasteiger partial charge in [-0.05, 0) is 122 Å². The summed E-state index contributed by atoms with van der Waals surface area (Å²) in [6, 6.07) is 57.8. The molecule has 0 saturated heterocycles. The van der Waals surface area contributed by atoms with E-state index in [-0.39, 0.29) is 10.8 Å². The van der Waals surface area contributed by atoms with E-state index in [9.17, 15) is 0 Å². The molecule has 0 amide bonds. The highest BCUT2D eigenvalue weighted by molar-refractivity contribution is 6.10. The fourth-order valence-electron chi connectivity index (χ4n) is 8.05. The third-order valence-electron chi connectivity index (χ3n) is 11.4. The molecule has 2 heterocycles. The van der Waals surface area contributed by atoms with E-state index in [4.69, 9.17) is 9.95 Å². The highest BCUT2D eigenvalue weighted by Crippen LogP contribution is 2.41. The maximum atomic E-state index is 9.07. The molecular formula is C52H44N6O. The van der Waals surface area contributed by atoms with Crippen molar-refractivity contribution in [2.24, 2.45) is 5.11 Å². The highest BCUT2D eigenvalue weighted by atomic mass is 16.4. The standard InChI is InChI=1S/C52H44N6O/c1-51(2,3)38-25-29-47-45(31-38)46-32-39(52(4,5)33-54-57-53)26-30-48(46)58(47)40-27-23-35(24-28-40)42-16-10-12-18-44(42)43-17-11-9-15-41(43)34-19-21-37(22-20-34)50-56-55-49(59-50)36-13-7-6-8-14-36/h6-32H,33H2,1-5H3. The van der Waals surface area contributed by atoms with Gasteiger partial charge in [0, 0.05) is 39.0 Å². The Labute approximate surface area is 344 Å². The molecule has 7 nitrogen and oxygen atoms in total. The van der Waals surface area contributed by atoms with Crippen molar-refractivity contribution in [3.63, 3.8) is 0 Å². The van der Waals surface area contributed by atoms with E-state index in [2.05, 4.69) is 181 Å². The molecule has 9 rings (SSSR count). The van der Waals surface area contributed by atoms with E-state index >= 15 is 0 Å². The summed E-state index contributed by atoms with van der Waals surface area (Å²) in [5, 5.41) is 14.9. The molecule has 0 radical (unpaired) electrons. The molecule has 7 aromatic carbocycles. The van der Waals surface area contributed by atoms with Gasteiger partial charge in [-0.3, -0.25) is 0 Å². The number of fused-ring (bicyclic) bond motifs is 3. The van der Waals surface area contributed by atoms with Crippen molar-refractivity contribution in [1.29, 1.82) is 0 Å². The van der Waals surface area contributed by atoms with Gasteiger partial charge in [0.1, 0.15) is 0 Å². The number of azide groups is 1. The lowest BCUT2D eigenvalue weighted by atomic mass is 9.83. The molecule has 0 spiro atoms. The maximum absolute atomic E-state index is 9.07. The number of rotatable bonds is 9. The van der Waals surface area contributed by atoms with Crippen LogP contribution in [0.15, 0.2) is 173 Å². The molecule has 59 heavy (non-hydrogen) atoms. The van der Waals surface area contributed by atoms with Gasteiger partial charge in [0.25, 0.3) is 0 Å². The molecule has 0 saturated carbocycles. The molecule has 0 aliphatic rings. The Bertz CT molecular complexity index is 3020. The van der Waals surface area contributed by atoms with E-state index in [1.54, 1.807) is 0 Å². The minimum Gasteiger partial charge on any atom is -0.416 e. The first-order valence-corrected chi connectivity index (χ1v) is 20.0. The molecule has 0 unspecified atom stereocenters. The summed E-state index contributed by atoms with van der Waals surface area (Å²) < 4.78 is 8.41. The fourth-order valence-corrected chi connectivity index (χ4v) is 8.05. The first kappa shape index (κ1) is 37.4. The van der Waals surface area contributed by atoms with Gasteiger partial charge >= 0.3 is 0 Å². The van der Waals surface area contributed by atoms with Gasteiger partial charge in [0.05, 0.1) is 11.0 Å². The maximum Gasteiger partial charge on any atom is 0.248 e. The van der Waals surface area contributed by atoms with Crippen LogP contribution in [0.4, 0.5) is 0 Å². The van der Waals surface area contributed by atoms with Gasteiger partial charge in [-0.25, -0.2) is 0 Å². The van der Waals surface area contributed by atoms with E-state index in [0.717, 1.165) is 66.8 Å². The zero-order valence-corrected chi connectivity index (χ0v) is 33.9. The Balaban J connectivity index is 1.07. The Hall–Kier alpha value is -7.21. The average Bonchev–Trinajstić information content (AvgIpc) is 3.89. The van der Waals surface area contributed by atoms with Crippen LogP contribution >= 0.6 is 0 Å². The quantitative estimate of drug-likeness (QED) is 0.0831. The van der Waals surface area contributed by atoms with Crippen LogP contribution < -0.4 is 0 Å². The SMILES string of the molecule is CC(C)(C)c1ccc2c(c1)c1cc(C(C)(C)CN=[N+]=[N-])ccc1n2-c1ccc(-c2ccccc2-c2ccccc2-c2ccc(-c3nnc(-c4ccccc4)o3)cc2)cc1. The summed E-state index contributed by atoms with van der Waals surface area (Å²) in [7, 11) is 0. The average molecular weight is 769 g/mol. The summed E-state index contributed by atoms with van der Waals surface area (Å²) in [6.07, 6.45) is 0. The smallest absolute Gasteiger partial charge is 0.248 e. The predicted molar refractivity (Wildman–Crippen MR) is 242 cm³/mol. The predicted octanol–water partition coefficient (Wildman–Crippen LogP) is 14.4. The lowest BCUT2D eigenvalue weighted by Crippen LogP contribution is -2.20. The van der Waals surface area contributed by atoms with Crippen LogP contribution in [-0.4, -0.2) is 21.3 Å². The van der Waals surface area contributed by atoms with Crippen molar-refractivity contribution < 1.29 is 4.42 Å². The summed E-state index contributed by atoms with van der Waals surface area (Å²) in [4.78, 5) is 3.05. The van der Waals surface area contributed by atoms with E-state index in [1.807, 2.05) is 42.5 Å². The van der Waals surface area contributed by atoms with Crippen LogP contribution in [0.1, 0.15) is 45.7 Å². The zero-order chi connectivity index (χ0) is 40.7. The van der Waals surface area contributed by atoms with Crippen molar-refractivity contribution >= 4 is 21.8 Å². The molecule has 0 bridgehead atoms. The van der Waals surface area contributed by atoms with Gasteiger partial charge in [-0.1, -0.05) is 143 Å². The zero-order valence-electron chi connectivity index (χ0n) is 33.9. The second-order valence-electron chi connectivity index (χ2n) is 16.8. The second kappa shape index (κ2) is 14.9. The third-order valence-corrected chi connectivity index (χ3v) is 11.4. The van der Waals surface area contributed by atoms with E-state index in [0.29, 0.717) is 18.3 Å². The van der Waals surface area contributed by atoms with Crippen LogP contribution in [0.25, 0.3) is 94.2 Å². The van der Waals surface area contributed by atoms with Crippen molar-refractivity contribution in [2.75, 3.05) is 6.54 Å². The first-order valence-electron chi connectivity index (χ1n) is 20.0. The van der Waals surface area contributed by atoms with E-state index < -0.39 is 0 Å². The van der Waals surface area contributed by atoms with Crippen LogP contribution in [0, 0.1) is 0 Å². The molecule has 288 valence electrons. The molecule has 0 N–H and O–H groups in total. The van der Waals surface area contributed by atoms with Crippen LogP contribution in [0.2, 0.25) is 0 Å². The number of hydrogen-bond acceptors (Lipinski definition) is 4. The summed E-state index contributed by atoms with van der Waals surface area (Å²) in [6.45, 7) is 11.4. The fraction of sp³-hybridized carbons (Fsp3) is 0.154. The van der Waals surface area contributed by atoms with Crippen molar-refractivity contribution in [3.05, 3.63) is 185 Å². The Morgan fingerprint density at radius 2 is 0.983 bits per heavy atom. The molecular weight excluding hydrogens is 725 g/mol. The lowest BCUT2D eigenvalue weighted by molar-refractivity contribution is 0.538. The largest absolute Gasteiger partial charge is 0.416 e. The van der Waals surface area contributed by atoms with Crippen molar-refractivity contribution in [3.8, 4) is 62.0 Å². The Morgan fingerprint density at radius 3 is 1.53 bits per heavy atom. The summed E-state index contributed by atoms with van der Waals surface area (Å²) >= 11 is 0. The minimum absolute atomic E-state index is 0.000450. The first-order chi connectivity index (χ1) is 28.6. The molecule has 7 heteroatoms. The summed E-state index contributed by atoms with van der Waals surface area (Å²) in [5.74, 6) is 0.992. The minimum atomic E-state index is -0.310. The van der Waals surface area contributed by atoms with Crippen molar-refractivity contribution in [1.82, 2.24) is 14.8 Å². The summed E-state index contributed by atoms with van der Waals surface area (Å²) in [5.41, 5.74) is 23.2. The topological polar surface area (TPSA) is 92.6 Å². The molecule has 2 aromatic heterocycles. The molecule has 9 aromatic rings. The third kappa shape index (κ3) is 7.07. The Kier molecular flexibility index (Phi) is 9.47. The number of nitrogens with zero attached hydrogens (tertiary/aromatic N) is 6. The van der Waals surface area contributed by atoms with Crippen LogP contribution in [0.5, 0.6) is 0 Å². The number of benzene rings is 7. The molecule has 0 aliphatic heterocycles. The Morgan fingerprint density at radius 1 is 0.525 bits per heavy atom. The number of hydrogen-bond donors (Lipinski definition) is 0. The van der Waals surface area contributed by atoms with Crippen LogP contribution in [0.3, 0.4) is 0 Å². The molecule has 0 fully saturated rings. The van der Waals surface area contributed by atoms with Gasteiger partial charge in [-0.2, -0.15) is 0 Å².